The zero-order valence-corrected chi connectivity index (χ0v) is 18.9. The third kappa shape index (κ3) is 6.43. The molecule has 0 saturated carbocycles. The number of likely N-dealkylation sites (tertiary alicyclic amines) is 1. The van der Waals surface area contributed by atoms with E-state index < -0.39 is 38.6 Å². The number of nitrogens with zero attached hydrogens (tertiary/aromatic N) is 2. The van der Waals surface area contributed by atoms with Gasteiger partial charge in [0.1, 0.15) is 0 Å². The molecular weight excluding hydrogens is 447 g/mol. The summed E-state index contributed by atoms with van der Waals surface area (Å²) in [6.45, 7) is 6.77. The fourth-order valence-electron chi connectivity index (χ4n) is 4.19. The Kier molecular flexibility index (Phi) is 8.18. The first-order valence-electron chi connectivity index (χ1n) is 10.9. The molecule has 0 aromatic heterocycles. The molecule has 1 aromatic rings. The lowest BCUT2D eigenvalue weighted by Crippen LogP contribution is -2.49. The van der Waals surface area contributed by atoms with Crippen LogP contribution < -0.4 is 4.72 Å². The highest BCUT2D eigenvalue weighted by molar-refractivity contribution is 7.89. The average Bonchev–Trinajstić information content (AvgIpc) is 2.77. The first kappa shape index (κ1) is 24.9. The van der Waals surface area contributed by atoms with Crippen LogP contribution in [-0.4, -0.2) is 76.1 Å². The predicted octanol–water partition coefficient (Wildman–Crippen LogP) is 2.33. The maximum absolute atomic E-state index is 13.2. The predicted molar refractivity (Wildman–Crippen MR) is 112 cm³/mol. The minimum Gasteiger partial charge on any atom is -0.379 e. The third-order valence-electron chi connectivity index (χ3n) is 6.07. The maximum atomic E-state index is 13.2. The van der Waals surface area contributed by atoms with Crippen LogP contribution in [0.3, 0.4) is 0 Å². The van der Waals surface area contributed by atoms with E-state index in [1.165, 1.54) is 13.0 Å². The number of hydrogen-bond donors (Lipinski definition) is 1. The Morgan fingerprint density at radius 2 is 1.78 bits per heavy atom. The van der Waals surface area contributed by atoms with E-state index >= 15 is 0 Å². The van der Waals surface area contributed by atoms with E-state index in [0.29, 0.717) is 25.1 Å². The van der Waals surface area contributed by atoms with Gasteiger partial charge in [-0.1, -0.05) is 12.1 Å². The highest BCUT2D eigenvalue weighted by Crippen LogP contribution is 2.34. The van der Waals surface area contributed by atoms with Gasteiger partial charge in [0.05, 0.1) is 29.7 Å². The van der Waals surface area contributed by atoms with Crippen LogP contribution in [0.2, 0.25) is 0 Å². The molecule has 1 N–H and O–H groups in total. The first-order chi connectivity index (χ1) is 15.1. The standard InChI is InChI=1S/C21H30F3N3O4S/c1-16(25-32(29,30)19-5-3-2-4-18(19)21(22,23)24)20(28)27-10-7-17(8-11-27)6-9-26-12-14-31-15-13-26/h2-5,16-17,25H,6-15H2,1H3/t16-/m0/s1. The van der Waals surface area contributed by atoms with Gasteiger partial charge in [0.2, 0.25) is 15.9 Å². The Bertz CT molecular complexity index is 881. The van der Waals surface area contributed by atoms with Crippen molar-refractivity contribution in [1.82, 2.24) is 14.5 Å². The summed E-state index contributed by atoms with van der Waals surface area (Å²) in [6, 6.07) is 2.79. The molecule has 0 spiro atoms. The van der Waals surface area contributed by atoms with E-state index in [2.05, 4.69) is 9.62 Å². The van der Waals surface area contributed by atoms with Crippen molar-refractivity contribution in [2.24, 2.45) is 5.92 Å². The number of morpholine rings is 1. The van der Waals surface area contributed by atoms with Crippen LogP contribution in [0, 0.1) is 5.92 Å². The molecule has 1 atom stereocenters. The summed E-state index contributed by atoms with van der Waals surface area (Å²) in [5.41, 5.74) is -1.26. The van der Waals surface area contributed by atoms with Crippen molar-refractivity contribution in [3.05, 3.63) is 29.8 Å². The van der Waals surface area contributed by atoms with Gasteiger partial charge in [-0.05, 0) is 50.8 Å². The molecule has 0 radical (unpaired) electrons. The molecule has 3 rings (SSSR count). The Morgan fingerprint density at radius 3 is 2.41 bits per heavy atom. The number of halogens is 3. The van der Waals surface area contributed by atoms with Crippen LogP contribution in [0.15, 0.2) is 29.2 Å². The molecular formula is C21H30F3N3O4S. The van der Waals surface area contributed by atoms with Crippen molar-refractivity contribution in [3.8, 4) is 0 Å². The van der Waals surface area contributed by atoms with Crippen LogP contribution in [0.5, 0.6) is 0 Å². The molecule has 180 valence electrons. The molecule has 32 heavy (non-hydrogen) atoms. The highest BCUT2D eigenvalue weighted by atomic mass is 32.2. The second kappa shape index (κ2) is 10.5. The molecule has 2 fully saturated rings. The number of hydrogen-bond acceptors (Lipinski definition) is 5. The van der Waals surface area contributed by atoms with Gasteiger partial charge in [-0.15, -0.1) is 0 Å². The number of sulfonamides is 1. The largest absolute Gasteiger partial charge is 0.417 e. The van der Waals surface area contributed by atoms with E-state index in [1.807, 2.05) is 0 Å². The summed E-state index contributed by atoms with van der Waals surface area (Å²) >= 11 is 0. The Labute approximate surface area is 186 Å². The lowest BCUT2D eigenvalue weighted by molar-refractivity contribution is -0.139. The van der Waals surface area contributed by atoms with Gasteiger partial charge in [-0.25, -0.2) is 8.42 Å². The van der Waals surface area contributed by atoms with Crippen molar-refractivity contribution in [3.63, 3.8) is 0 Å². The number of ether oxygens (including phenoxy) is 1. The second-order valence-electron chi connectivity index (χ2n) is 8.35. The molecule has 0 bridgehead atoms. The summed E-state index contributed by atoms with van der Waals surface area (Å²) in [5, 5.41) is 0. The molecule has 11 heteroatoms. The van der Waals surface area contributed by atoms with Gasteiger partial charge in [-0.3, -0.25) is 9.69 Å². The summed E-state index contributed by atoms with van der Waals surface area (Å²) < 4.78 is 72.3. The van der Waals surface area contributed by atoms with Gasteiger partial charge < -0.3 is 9.64 Å². The van der Waals surface area contributed by atoms with Gasteiger partial charge in [0.15, 0.2) is 0 Å². The average molecular weight is 478 g/mol. The molecule has 1 aromatic carbocycles. The van der Waals surface area contributed by atoms with Crippen molar-refractivity contribution in [2.75, 3.05) is 45.9 Å². The normalized spacial score (nSPS) is 20.3. The van der Waals surface area contributed by atoms with Crippen LogP contribution in [0.25, 0.3) is 0 Å². The summed E-state index contributed by atoms with van der Waals surface area (Å²) in [6.07, 6.45) is -2.13. The number of carbonyl (C=O) groups excluding carboxylic acids is 1. The van der Waals surface area contributed by atoms with Crippen molar-refractivity contribution >= 4 is 15.9 Å². The van der Waals surface area contributed by atoms with E-state index in [9.17, 15) is 26.4 Å². The van der Waals surface area contributed by atoms with E-state index in [0.717, 1.165) is 64.2 Å². The SMILES string of the molecule is C[C@H](NS(=O)(=O)c1ccccc1C(F)(F)F)C(=O)N1CCC(CCN2CCOCC2)CC1. The molecule has 2 aliphatic heterocycles. The van der Waals surface area contributed by atoms with Crippen molar-refractivity contribution in [2.45, 2.75) is 43.3 Å². The number of benzene rings is 1. The summed E-state index contributed by atoms with van der Waals surface area (Å²) in [4.78, 5) is 15.8. The van der Waals surface area contributed by atoms with Gasteiger partial charge in [-0.2, -0.15) is 17.9 Å². The van der Waals surface area contributed by atoms with E-state index in [4.69, 9.17) is 4.74 Å². The van der Waals surface area contributed by atoms with Gasteiger partial charge in [0.25, 0.3) is 0 Å². The fourth-order valence-corrected chi connectivity index (χ4v) is 5.61. The minimum atomic E-state index is -4.82. The molecule has 7 nitrogen and oxygen atoms in total. The van der Waals surface area contributed by atoms with Gasteiger partial charge >= 0.3 is 6.18 Å². The molecule has 0 aliphatic carbocycles. The highest BCUT2D eigenvalue weighted by Gasteiger charge is 2.38. The maximum Gasteiger partial charge on any atom is 0.417 e. The molecule has 2 saturated heterocycles. The number of alkyl halides is 3. The number of carbonyl (C=O) groups is 1. The van der Waals surface area contributed by atoms with Gasteiger partial charge in [0, 0.05) is 26.2 Å². The zero-order chi connectivity index (χ0) is 23.4. The van der Waals surface area contributed by atoms with Crippen LogP contribution in [-0.2, 0) is 25.7 Å². The topological polar surface area (TPSA) is 79.0 Å². The zero-order valence-electron chi connectivity index (χ0n) is 18.1. The number of amides is 1. The Balaban J connectivity index is 1.53. The van der Waals surface area contributed by atoms with Crippen molar-refractivity contribution < 1.29 is 31.1 Å². The number of piperidine rings is 1. The van der Waals surface area contributed by atoms with Crippen LogP contribution in [0.4, 0.5) is 13.2 Å². The lowest BCUT2D eigenvalue weighted by atomic mass is 9.93. The minimum absolute atomic E-state index is 0.426. The third-order valence-corrected chi connectivity index (χ3v) is 7.67. The molecule has 0 unspecified atom stereocenters. The Morgan fingerprint density at radius 1 is 1.16 bits per heavy atom. The first-order valence-corrected chi connectivity index (χ1v) is 12.3. The van der Waals surface area contributed by atoms with E-state index in [-0.39, 0.29) is 0 Å². The number of nitrogens with one attached hydrogen (secondary N) is 1. The number of rotatable bonds is 7. The summed E-state index contributed by atoms with van der Waals surface area (Å²) in [7, 11) is -4.52. The van der Waals surface area contributed by atoms with E-state index in [1.54, 1.807) is 4.90 Å². The molecule has 2 heterocycles. The summed E-state index contributed by atoms with van der Waals surface area (Å²) in [5.74, 6) is 0.0669. The van der Waals surface area contributed by atoms with Crippen LogP contribution >= 0.6 is 0 Å². The second-order valence-corrected chi connectivity index (χ2v) is 10.0. The smallest absolute Gasteiger partial charge is 0.379 e. The van der Waals surface area contributed by atoms with Crippen LogP contribution in [0.1, 0.15) is 31.7 Å². The fraction of sp³-hybridized carbons (Fsp3) is 0.667. The monoisotopic (exact) mass is 477 g/mol. The Hall–Kier alpha value is -1.69. The molecule has 1 amide bonds. The quantitative estimate of drug-likeness (QED) is 0.652. The van der Waals surface area contributed by atoms with Crippen molar-refractivity contribution in [1.29, 1.82) is 0 Å². The molecule has 2 aliphatic rings. The lowest BCUT2D eigenvalue weighted by Gasteiger charge is -2.35.